The minimum absolute atomic E-state index is 0.0441. The number of nitrogens with zero attached hydrogens (tertiary/aromatic N) is 1. The second kappa shape index (κ2) is 6.18. The van der Waals surface area contributed by atoms with Crippen LogP contribution >= 0.6 is 0 Å². The first-order valence-corrected chi connectivity index (χ1v) is 6.73. The maximum absolute atomic E-state index is 12.1. The highest BCUT2D eigenvalue weighted by atomic mass is 16.4. The Morgan fingerprint density at radius 2 is 2.17 bits per heavy atom. The van der Waals surface area contributed by atoms with E-state index in [0.29, 0.717) is 25.8 Å². The van der Waals surface area contributed by atoms with Gasteiger partial charge < -0.3 is 15.7 Å². The summed E-state index contributed by atoms with van der Waals surface area (Å²) < 4.78 is 0. The summed E-state index contributed by atoms with van der Waals surface area (Å²) in [6.07, 6.45) is 3.74. The second-order valence-electron chi connectivity index (χ2n) is 5.21. The lowest BCUT2D eigenvalue weighted by atomic mass is 9.92. The van der Waals surface area contributed by atoms with Crippen LogP contribution in [0.5, 0.6) is 0 Å². The van der Waals surface area contributed by atoms with E-state index in [1.165, 1.54) is 0 Å². The highest BCUT2D eigenvalue weighted by Gasteiger charge is 2.48. The van der Waals surface area contributed by atoms with E-state index >= 15 is 0 Å². The maximum Gasteiger partial charge on any atom is 0.329 e. The Labute approximate surface area is 108 Å². The van der Waals surface area contributed by atoms with Gasteiger partial charge >= 0.3 is 5.97 Å². The molecule has 2 atom stereocenters. The second-order valence-corrected chi connectivity index (χ2v) is 5.21. The van der Waals surface area contributed by atoms with Gasteiger partial charge in [0.2, 0.25) is 5.91 Å². The Balaban J connectivity index is 2.63. The lowest BCUT2D eigenvalue weighted by molar-refractivity contribution is -0.156. The molecule has 1 saturated heterocycles. The molecule has 1 rings (SSSR count). The summed E-state index contributed by atoms with van der Waals surface area (Å²) in [4.78, 5) is 25.1. The van der Waals surface area contributed by atoms with Gasteiger partial charge in [-0.05, 0) is 39.0 Å². The zero-order chi connectivity index (χ0) is 13.8. The molecule has 1 aliphatic rings. The standard InChI is InChI=1S/C13H24N2O3/c1-3-13(12(17)18)8-5-9-15(13)11(16)7-4-6-10(2)14/h10H,3-9,14H2,1-2H3,(H,17,18). The van der Waals surface area contributed by atoms with Gasteiger partial charge in [0, 0.05) is 19.0 Å². The number of likely N-dealkylation sites (tertiary alicyclic amines) is 1. The Morgan fingerprint density at radius 1 is 1.50 bits per heavy atom. The van der Waals surface area contributed by atoms with Gasteiger partial charge in [-0.1, -0.05) is 6.92 Å². The molecule has 0 aromatic heterocycles. The van der Waals surface area contributed by atoms with E-state index in [-0.39, 0.29) is 11.9 Å². The molecule has 0 aromatic carbocycles. The monoisotopic (exact) mass is 256 g/mol. The quantitative estimate of drug-likeness (QED) is 0.751. The largest absolute Gasteiger partial charge is 0.479 e. The number of carbonyl (C=O) groups is 2. The molecule has 1 heterocycles. The zero-order valence-electron chi connectivity index (χ0n) is 11.3. The highest BCUT2D eigenvalue weighted by molar-refractivity contribution is 5.87. The molecule has 18 heavy (non-hydrogen) atoms. The molecule has 1 aliphatic heterocycles. The molecule has 0 saturated carbocycles. The fourth-order valence-electron chi connectivity index (χ4n) is 2.69. The molecule has 1 amide bonds. The number of hydrogen-bond acceptors (Lipinski definition) is 3. The molecule has 0 radical (unpaired) electrons. The fourth-order valence-corrected chi connectivity index (χ4v) is 2.69. The minimum Gasteiger partial charge on any atom is -0.479 e. The predicted molar refractivity (Wildman–Crippen MR) is 69.1 cm³/mol. The van der Waals surface area contributed by atoms with Gasteiger partial charge in [-0.25, -0.2) is 4.79 Å². The van der Waals surface area contributed by atoms with Crippen molar-refractivity contribution in [2.24, 2.45) is 5.73 Å². The predicted octanol–water partition coefficient (Wildman–Crippen LogP) is 1.36. The van der Waals surface area contributed by atoms with E-state index in [9.17, 15) is 14.7 Å². The third-order valence-corrected chi connectivity index (χ3v) is 3.82. The summed E-state index contributed by atoms with van der Waals surface area (Å²) in [7, 11) is 0. The maximum atomic E-state index is 12.1. The van der Waals surface area contributed by atoms with Gasteiger partial charge in [0.1, 0.15) is 5.54 Å². The van der Waals surface area contributed by atoms with Crippen LogP contribution in [-0.2, 0) is 9.59 Å². The summed E-state index contributed by atoms with van der Waals surface area (Å²) in [6.45, 7) is 4.31. The van der Waals surface area contributed by atoms with Crippen LogP contribution in [0.2, 0.25) is 0 Å². The number of aliphatic carboxylic acids is 1. The van der Waals surface area contributed by atoms with Crippen LogP contribution in [-0.4, -0.2) is 40.0 Å². The van der Waals surface area contributed by atoms with Gasteiger partial charge in [-0.15, -0.1) is 0 Å². The smallest absolute Gasteiger partial charge is 0.329 e. The first-order valence-electron chi connectivity index (χ1n) is 6.73. The van der Waals surface area contributed by atoms with Crippen molar-refractivity contribution < 1.29 is 14.7 Å². The SMILES string of the molecule is CCC1(C(=O)O)CCCN1C(=O)CCCC(C)N. The van der Waals surface area contributed by atoms with Crippen molar-refractivity contribution >= 4 is 11.9 Å². The van der Waals surface area contributed by atoms with Crippen molar-refractivity contribution in [2.45, 2.75) is 64.0 Å². The molecule has 0 aliphatic carbocycles. The Morgan fingerprint density at radius 3 is 2.67 bits per heavy atom. The number of nitrogens with two attached hydrogens (primary N) is 1. The van der Waals surface area contributed by atoms with Crippen LogP contribution in [0.4, 0.5) is 0 Å². The van der Waals surface area contributed by atoms with Crippen molar-refractivity contribution in [2.75, 3.05) is 6.54 Å². The van der Waals surface area contributed by atoms with Crippen LogP contribution in [0.25, 0.3) is 0 Å². The van der Waals surface area contributed by atoms with E-state index in [2.05, 4.69) is 0 Å². The number of amides is 1. The molecular formula is C13H24N2O3. The summed E-state index contributed by atoms with van der Waals surface area (Å²) in [5.41, 5.74) is 4.67. The molecule has 104 valence electrons. The number of hydrogen-bond donors (Lipinski definition) is 2. The van der Waals surface area contributed by atoms with Gasteiger partial charge in [0.05, 0.1) is 0 Å². The van der Waals surface area contributed by atoms with E-state index in [1.54, 1.807) is 4.90 Å². The summed E-state index contributed by atoms with van der Waals surface area (Å²) in [5.74, 6) is -0.916. The molecule has 0 bridgehead atoms. The lowest BCUT2D eigenvalue weighted by Crippen LogP contribution is -2.52. The number of carboxylic acid groups (broad SMARTS) is 1. The minimum atomic E-state index is -0.967. The van der Waals surface area contributed by atoms with Crippen molar-refractivity contribution in [1.82, 2.24) is 4.90 Å². The fraction of sp³-hybridized carbons (Fsp3) is 0.846. The molecule has 2 unspecified atom stereocenters. The lowest BCUT2D eigenvalue weighted by Gasteiger charge is -2.34. The van der Waals surface area contributed by atoms with E-state index < -0.39 is 11.5 Å². The zero-order valence-corrected chi connectivity index (χ0v) is 11.3. The van der Waals surface area contributed by atoms with E-state index in [1.807, 2.05) is 13.8 Å². The Hall–Kier alpha value is -1.10. The topological polar surface area (TPSA) is 83.6 Å². The van der Waals surface area contributed by atoms with Crippen LogP contribution in [0.3, 0.4) is 0 Å². The van der Waals surface area contributed by atoms with Crippen molar-refractivity contribution in [3.8, 4) is 0 Å². The average Bonchev–Trinajstić information content (AvgIpc) is 2.73. The normalized spacial score (nSPS) is 25.2. The van der Waals surface area contributed by atoms with Crippen LogP contribution in [0.15, 0.2) is 0 Å². The number of rotatable bonds is 6. The van der Waals surface area contributed by atoms with E-state index in [4.69, 9.17) is 5.73 Å². The van der Waals surface area contributed by atoms with Crippen molar-refractivity contribution in [1.29, 1.82) is 0 Å². The summed E-state index contributed by atoms with van der Waals surface area (Å²) >= 11 is 0. The third kappa shape index (κ3) is 3.02. The van der Waals surface area contributed by atoms with Crippen molar-refractivity contribution in [3.05, 3.63) is 0 Å². The summed E-state index contributed by atoms with van der Waals surface area (Å²) in [5, 5.41) is 9.38. The molecule has 5 heteroatoms. The number of carboxylic acids is 1. The van der Waals surface area contributed by atoms with Crippen LogP contribution in [0.1, 0.15) is 52.4 Å². The highest BCUT2D eigenvalue weighted by Crippen LogP contribution is 2.33. The van der Waals surface area contributed by atoms with Crippen LogP contribution < -0.4 is 5.73 Å². The molecule has 0 spiro atoms. The van der Waals surface area contributed by atoms with Crippen molar-refractivity contribution in [3.63, 3.8) is 0 Å². The third-order valence-electron chi connectivity index (χ3n) is 3.82. The molecule has 3 N–H and O–H groups in total. The Bertz CT molecular complexity index is 317. The van der Waals surface area contributed by atoms with Crippen LogP contribution in [0, 0.1) is 0 Å². The molecular weight excluding hydrogens is 232 g/mol. The first kappa shape index (κ1) is 15.0. The Kier molecular flexibility index (Phi) is 5.14. The molecule has 1 fully saturated rings. The van der Waals surface area contributed by atoms with Gasteiger partial charge in [-0.2, -0.15) is 0 Å². The average molecular weight is 256 g/mol. The van der Waals surface area contributed by atoms with E-state index in [0.717, 1.165) is 19.3 Å². The molecule has 0 aromatic rings. The van der Waals surface area contributed by atoms with Gasteiger partial charge in [0.25, 0.3) is 0 Å². The summed E-state index contributed by atoms with van der Waals surface area (Å²) in [6, 6.07) is 0.0896. The first-order chi connectivity index (χ1) is 8.44. The number of carbonyl (C=O) groups excluding carboxylic acids is 1. The molecule has 5 nitrogen and oxygen atoms in total. The van der Waals surface area contributed by atoms with Gasteiger partial charge in [0.15, 0.2) is 0 Å². The van der Waals surface area contributed by atoms with Gasteiger partial charge in [-0.3, -0.25) is 4.79 Å².